The Balaban J connectivity index is 1.82. The van der Waals surface area contributed by atoms with Crippen LogP contribution in [0.25, 0.3) is 0 Å². The number of likely N-dealkylation sites (tertiary alicyclic amines) is 1. The molecular formula is C21H20N2O3. The number of piperidine rings is 1. The third-order valence-electron chi connectivity index (χ3n) is 4.47. The Hall–Kier alpha value is -3.13. The van der Waals surface area contributed by atoms with Gasteiger partial charge in [0.05, 0.1) is 17.2 Å². The third-order valence-corrected chi connectivity index (χ3v) is 4.47. The number of nitrogens with zero attached hydrogens (tertiary/aromatic N) is 2. The van der Waals surface area contributed by atoms with E-state index in [1.54, 1.807) is 29.2 Å². The fourth-order valence-electron chi connectivity index (χ4n) is 3.02. The van der Waals surface area contributed by atoms with Gasteiger partial charge in [0.25, 0.3) is 5.91 Å². The number of carbonyl (C=O) groups excluding carboxylic acids is 2. The third kappa shape index (κ3) is 4.09. The monoisotopic (exact) mass is 348 g/mol. The zero-order valence-electron chi connectivity index (χ0n) is 14.4. The summed E-state index contributed by atoms with van der Waals surface area (Å²) in [6.07, 6.45) is 2.09. The van der Waals surface area contributed by atoms with E-state index in [9.17, 15) is 9.59 Å². The lowest BCUT2D eigenvalue weighted by Gasteiger charge is -2.30. The first-order chi connectivity index (χ1) is 12.7. The summed E-state index contributed by atoms with van der Waals surface area (Å²) >= 11 is 0. The molecule has 1 amide bonds. The van der Waals surface area contributed by atoms with Gasteiger partial charge >= 0.3 is 5.97 Å². The molecule has 1 saturated heterocycles. The number of amides is 1. The summed E-state index contributed by atoms with van der Waals surface area (Å²) in [4.78, 5) is 27.3. The average molecular weight is 348 g/mol. The quantitative estimate of drug-likeness (QED) is 0.793. The molecule has 0 radical (unpaired) electrons. The van der Waals surface area contributed by atoms with Crippen molar-refractivity contribution >= 4 is 11.9 Å². The van der Waals surface area contributed by atoms with E-state index in [-0.39, 0.29) is 5.91 Å². The first-order valence-corrected chi connectivity index (χ1v) is 8.74. The number of esters is 1. The van der Waals surface area contributed by atoms with Gasteiger partial charge in [0.2, 0.25) is 6.10 Å². The Morgan fingerprint density at radius 3 is 2.23 bits per heavy atom. The van der Waals surface area contributed by atoms with Crippen LogP contribution in [0.15, 0.2) is 54.6 Å². The number of rotatable bonds is 4. The highest BCUT2D eigenvalue weighted by atomic mass is 16.5. The maximum atomic E-state index is 13.0. The van der Waals surface area contributed by atoms with Crippen LogP contribution in [0.3, 0.4) is 0 Å². The van der Waals surface area contributed by atoms with E-state index < -0.39 is 12.1 Å². The van der Waals surface area contributed by atoms with Gasteiger partial charge in [0.1, 0.15) is 0 Å². The van der Waals surface area contributed by atoms with Gasteiger partial charge in [-0.1, -0.05) is 30.3 Å². The van der Waals surface area contributed by atoms with Crippen molar-refractivity contribution in [2.45, 2.75) is 25.4 Å². The van der Waals surface area contributed by atoms with Crippen molar-refractivity contribution in [2.75, 3.05) is 13.1 Å². The van der Waals surface area contributed by atoms with Crippen molar-refractivity contribution in [1.29, 1.82) is 5.26 Å². The minimum atomic E-state index is -0.961. The molecule has 1 heterocycles. The minimum Gasteiger partial charge on any atom is -0.444 e. The molecule has 2 aromatic carbocycles. The Bertz CT molecular complexity index is 803. The standard InChI is InChI=1S/C21H20N2O3/c22-15-16-9-11-18(12-10-16)21(25)26-19(17-7-3-1-4-8-17)20(24)23-13-5-2-6-14-23/h1,3-4,7-12,19H,2,5-6,13-14H2/t19-/m1/s1. The highest BCUT2D eigenvalue weighted by Crippen LogP contribution is 2.24. The van der Waals surface area contributed by atoms with Crippen LogP contribution >= 0.6 is 0 Å². The molecule has 0 aliphatic carbocycles. The molecule has 1 aliphatic rings. The molecule has 0 bridgehead atoms. The fraction of sp³-hybridized carbons (Fsp3) is 0.286. The molecule has 1 fully saturated rings. The molecule has 1 aliphatic heterocycles. The Labute approximate surface area is 152 Å². The summed E-state index contributed by atoms with van der Waals surface area (Å²) in [6, 6.07) is 17.3. The van der Waals surface area contributed by atoms with E-state index in [1.165, 1.54) is 12.1 Å². The van der Waals surface area contributed by atoms with Crippen LogP contribution in [0.2, 0.25) is 0 Å². The lowest BCUT2D eigenvalue weighted by molar-refractivity contribution is -0.142. The lowest BCUT2D eigenvalue weighted by atomic mass is 10.1. The Kier molecular flexibility index (Phi) is 5.65. The van der Waals surface area contributed by atoms with E-state index in [4.69, 9.17) is 10.00 Å². The molecular weight excluding hydrogens is 328 g/mol. The molecule has 0 N–H and O–H groups in total. The van der Waals surface area contributed by atoms with Gasteiger partial charge in [-0.3, -0.25) is 4.79 Å². The second-order valence-electron chi connectivity index (χ2n) is 6.27. The summed E-state index contributed by atoms with van der Waals surface area (Å²) in [5.74, 6) is -0.758. The van der Waals surface area contributed by atoms with Crippen LogP contribution in [0.1, 0.15) is 46.9 Å². The number of hydrogen-bond acceptors (Lipinski definition) is 4. The molecule has 1 atom stereocenters. The number of hydrogen-bond donors (Lipinski definition) is 0. The highest BCUT2D eigenvalue weighted by molar-refractivity contribution is 5.92. The van der Waals surface area contributed by atoms with E-state index in [0.717, 1.165) is 19.3 Å². The number of benzene rings is 2. The topological polar surface area (TPSA) is 70.4 Å². The number of carbonyl (C=O) groups is 2. The molecule has 26 heavy (non-hydrogen) atoms. The van der Waals surface area contributed by atoms with Crippen LogP contribution in [0.5, 0.6) is 0 Å². The van der Waals surface area contributed by atoms with Gasteiger partial charge in [-0.15, -0.1) is 0 Å². The van der Waals surface area contributed by atoms with Crippen LogP contribution in [0.4, 0.5) is 0 Å². The second kappa shape index (κ2) is 8.30. The molecule has 0 saturated carbocycles. The Morgan fingerprint density at radius 1 is 0.962 bits per heavy atom. The van der Waals surface area contributed by atoms with Crippen molar-refractivity contribution in [3.05, 3.63) is 71.3 Å². The summed E-state index contributed by atoms with van der Waals surface area (Å²) in [7, 11) is 0. The molecule has 5 nitrogen and oxygen atoms in total. The number of ether oxygens (including phenoxy) is 1. The van der Waals surface area contributed by atoms with Crippen molar-refractivity contribution in [3.63, 3.8) is 0 Å². The van der Waals surface area contributed by atoms with Crippen LogP contribution in [-0.2, 0) is 9.53 Å². The zero-order chi connectivity index (χ0) is 18.4. The number of nitriles is 1. The lowest BCUT2D eigenvalue weighted by Crippen LogP contribution is -2.40. The van der Waals surface area contributed by atoms with Crippen LogP contribution in [-0.4, -0.2) is 29.9 Å². The fourth-order valence-corrected chi connectivity index (χ4v) is 3.02. The summed E-state index contributed by atoms with van der Waals surface area (Å²) in [6.45, 7) is 1.38. The van der Waals surface area contributed by atoms with Gasteiger partial charge in [0, 0.05) is 18.7 Å². The maximum absolute atomic E-state index is 13.0. The largest absolute Gasteiger partial charge is 0.444 e. The summed E-state index contributed by atoms with van der Waals surface area (Å²) in [5.41, 5.74) is 1.44. The Morgan fingerprint density at radius 2 is 1.62 bits per heavy atom. The van der Waals surface area contributed by atoms with Gasteiger partial charge in [-0.25, -0.2) is 4.79 Å². The first kappa shape index (κ1) is 17.7. The van der Waals surface area contributed by atoms with Gasteiger partial charge in [-0.05, 0) is 43.5 Å². The molecule has 0 spiro atoms. The normalized spacial score (nSPS) is 15.0. The van der Waals surface area contributed by atoms with E-state index in [1.807, 2.05) is 24.3 Å². The predicted octanol–water partition coefficient (Wildman–Crippen LogP) is 3.47. The van der Waals surface area contributed by atoms with Crippen molar-refractivity contribution < 1.29 is 14.3 Å². The van der Waals surface area contributed by atoms with Crippen molar-refractivity contribution in [2.24, 2.45) is 0 Å². The second-order valence-corrected chi connectivity index (χ2v) is 6.27. The molecule has 0 aromatic heterocycles. The van der Waals surface area contributed by atoms with Crippen molar-refractivity contribution in [1.82, 2.24) is 4.90 Å². The molecule has 0 unspecified atom stereocenters. The van der Waals surface area contributed by atoms with Gasteiger partial charge < -0.3 is 9.64 Å². The average Bonchev–Trinajstić information content (AvgIpc) is 2.72. The summed E-state index contributed by atoms with van der Waals surface area (Å²) in [5, 5.41) is 8.86. The smallest absolute Gasteiger partial charge is 0.339 e. The first-order valence-electron chi connectivity index (χ1n) is 8.74. The maximum Gasteiger partial charge on any atom is 0.339 e. The molecule has 132 valence electrons. The van der Waals surface area contributed by atoms with E-state index >= 15 is 0 Å². The molecule has 3 rings (SSSR count). The zero-order valence-corrected chi connectivity index (χ0v) is 14.4. The minimum absolute atomic E-state index is 0.183. The summed E-state index contributed by atoms with van der Waals surface area (Å²) < 4.78 is 5.60. The van der Waals surface area contributed by atoms with E-state index in [2.05, 4.69) is 0 Å². The van der Waals surface area contributed by atoms with Crippen LogP contribution < -0.4 is 0 Å². The van der Waals surface area contributed by atoms with Gasteiger partial charge in [0.15, 0.2) is 0 Å². The highest BCUT2D eigenvalue weighted by Gasteiger charge is 2.30. The molecule has 5 heteroatoms. The van der Waals surface area contributed by atoms with E-state index in [0.29, 0.717) is 29.8 Å². The molecule has 2 aromatic rings. The predicted molar refractivity (Wildman–Crippen MR) is 96.2 cm³/mol. The van der Waals surface area contributed by atoms with Crippen molar-refractivity contribution in [3.8, 4) is 6.07 Å². The SMILES string of the molecule is N#Cc1ccc(C(=O)O[C@@H](C(=O)N2CCCCC2)c2ccccc2)cc1. The van der Waals surface area contributed by atoms with Gasteiger partial charge in [-0.2, -0.15) is 5.26 Å². The van der Waals surface area contributed by atoms with Crippen LogP contribution in [0, 0.1) is 11.3 Å².